The van der Waals surface area contributed by atoms with Crippen LogP contribution in [0.5, 0.6) is 0 Å². The third-order valence-corrected chi connectivity index (χ3v) is 1.54. The summed E-state index contributed by atoms with van der Waals surface area (Å²) in [4.78, 5) is 4.32. The maximum atomic E-state index is 5.36. The third-order valence-electron chi connectivity index (χ3n) is 1.54. The molecule has 1 heterocycles. The molecule has 0 aliphatic rings. The van der Waals surface area contributed by atoms with Gasteiger partial charge in [0.05, 0.1) is 12.3 Å². The van der Waals surface area contributed by atoms with Crippen molar-refractivity contribution in [3.63, 3.8) is 0 Å². The number of nitrogens with zero attached hydrogens (tertiary/aromatic N) is 1. The average molecular weight is 165 g/mol. The van der Waals surface area contributed by atoms with Crippen molar-refractivity contribution in [3.8, 4) is 0 Å². The summed E-state index contributed by atoms with van der Waals surface area (Å²) in [7, 11) is 0. The summed E-state index contributed by atoms with van der Waals surface area (Å²) >= 11 is 0. The molecule has 2 heteroatoms. The fourth-order valence-electron chi connectivity index (χ4n) is 1.00. The zero-order valence-corrected chi connectivity index (χ0v) is 7.71. The standard InChI is InChI=1S/C10H15NO/c1-3-7-12-8-10-6-4-5-9(2)11-10/h4-6H,3,7-8H2,1-2H3. The van der Waals surface area contributed by atoms with Gasteiger partial charge in [0.2, 0.25) is 0 Å². The minimum atomic E-state index is 0.634. The fraction of sp³-hybridized carbons (Fsp3) is 0.500. The molecule has 2 nitrogen and oxygen atoms in total. The van der Waals surface area contributed by atoms with E-state index < -0.39 is 0 Å². The minimum absolute atomic E-state index is 0.634. The van der Waals surface area contributed by atoms with Gasteiger partial charge in [0, 0.05) is 12.3 Å². The first-order valence-electron chi connectivity index (χ1n) is 4.33. The SMILES string of the molecule is CCCOCc1cccc(C)n1. The van der Waals surface area contributed by atoms with Gasteiger partial charge in [-0.15, -0.1) is 0 Å². The van der Waals surface area contributed by atoms with Crippen LogP contribution in [0.2, 0.25) is 0 Å². The second kappa shape index (κ2) is 4.88. The number of rotatable bonds is 4. The topological polar surface area (TPSA) is 22.1 Å². The Morgan fingerprint density at radius 2 is 2.25 bits per heavy atom. The van der Waals surface area contributed by atoms with Crippen LogP contribution in [0.25, 0.3) is 0 Å². The number of ether oxygens (including phenoxy) is 1. The third kappa shape index (κ3) is 3.01. The Balaban J connectivity index is 2.41. The number of hydrogen-bond acceptors (Lipinski definition) is 2. The molecule has 0 spiro atoms. The van der Waals surface area contributed by atoms with Crippen molar-refractivity contribution < 1.29 is 4.74 Å². The van der Waals surface area contributed by atoms with Crippen molar-refractivity contribution in [2.75, 3.05) is 6.61 Å². The van der Waals surface area contributed by atoms with Gasteiger partial charge >= 0.3 is 0 Å². The van der Waals surface area contributed by atoms with Crippen molar-refractivity contribution in [2.45, 2.75) is 26.9 Å². The first-order chi connectivity index (χ1) is 5.83. The molecule has 0 radical (unpaired) electrons. The zero-order chi connectivity index (χ0) is 8.81. The smallest absolute Gasteiger partial charge is 0.0887 e. The molecule has 0 aromatic carbocycles. The van der Waals surface area contributed by atoms with Crippen molar-refractivity contribution >= 4 is 0 Å². The maximum Gasteiger partial charge on any atom is 0.0887 e. The van der Waals surface area contributed by atoms with Gasteiger partial charge in [-0.2, -0.15) is 0 Å². The van der Waals surface area contributed by atoms with E-state index in [-0.39, 0.29) is 0 Å². The molecule has 66 valence electrons. The number of hydrogen-bond donors (Lipinski definition) is 0. The first-order valence-corrected chi connectivity index (χ1v) is 4.33. The van der Waals surface area contributed by atoms with E-state index >= 15 is 0 Å². The van der Waals surface area contributed by atoms with Crippen LogP contribution in [0.1, 0.15) is 24.7 Å². The van der Waals surface area contributed by atoms with Crippen LogP contribution >= 0.6 is 0 Å². The van der Waals surface area contributed by atoms with Crippen molar-refractivity contribution in [1.29, 1.82) is 0 Å². The van der Waals surface area contributed by atoms with E-state index in [4.69, 9.17) is 4.74 Å². The van der Waals surface area contributed by atoms with Crippen molar-refractivity contribution in [3.05, 3.63) is 29.6 Å². The molecule has 12 heavy (non-hydrogen) atoms. The van der Waals surface area contributed by atoms with Crippen molar-refractivity contribution in [1.82, 2.24) is 4.98 Å². The molecule has 1 rings (SSSR count). The molecule has 1 aromatic rings. The summed E-state index contributed by atoms with van der Waals surface area (Å²) in [5.41, 5.74) is 2.07. The van der Waals surface area contributed by atoms with Crippen LogP contribution < -0.4 is 0 Å². The summed E-state index contributed by atoms with van der Waals surface area (Å²) in [6, 6.07) is 5.99. The second-order valence-electron chi connectivity index (χ2n) is 2.82. The monoisotopic (exact) mass is 165 g/mol. The van der Waals surface area contributed by atoms with E-state index in [1.54, 1.807) is 0 Å². The summed E-state index contributed by atoms with van der Waals surface area (Å²) < 4.78 is 5.36. The minimum Gasteiger partial charge on any atom is -0.375 e. The summed E-state index contributed by atoms with van der Waals surface area (Å²) in [6.45, 7) is 5.54. The molecule has 0 aliphatic heterocycles. The molecule has 0 saturated heterocycles. The highest BCUT2D eigenvalue weighted by Crippen LogP contribution is 1.99. The molecule has 0 unspecified atom stereocenters. The van der Waals surface area contributed by atoms with Crippen LogP contribution in [-0.4, -0.2) is 11.6 Å². The highest BCUT2D eigenvalue weighted by Gasteiger charge is 1.93. The van der Waals surface area contributed by atoms with Gasteiger partial charge in [0.25, 0.3) is 0 Å². The second-order valence-corrected chi connectivity index (χ2v) is 2.82. The van der Waals surface area contributed by atoms with E-state index in [1.807, 2.05) is 25.1 Å². The lowest BCUT2D eigenvalue weighted by atomic mass is 10.3. The van der Waals surface area contributed by atoms with Gasteiger partial charge in [0.15, 0.2) is 0 Å². The Bertz CT molecular complexity index is 235. The molecule has 0 saturated carbocycles. The fourth-order valence-corrected chi connectivity index (χ4v) is 1.00. The van der Waals surface area contributed by atoms with Gasteiger partial charge in [0.1, 0.15) is 0 Å². The number of pyridine rings is 1. The van der Waals surface area contributed by atoms with E-state index in [0.29, 0.717) is 6.61 Å². The Labute approximate surface area is 73.6 Å². The van der Waals surface area contributed by atoms with Gasteiger partial charge in [-0.1, -0.05) is 13.0 Å². The summed E-state index contributed by atoms with van der Waals surface area (Å²) in [5, 5.41) is 0. The highest BCUT2D eigenvalue weighted by molar-refractivity contribution is 5.08. The van der Waals surface area contributed by atoms with Crippen LogP contribution in [0, 0.1) is 6.92 Å². The quantitative estimate of drug-likeness (QED) is 0.639. The zero-order valence-electron chi connectivity index (χ0n) is 7.71. The van der Waals surface area contributed by atoms with Crippen molar-refractivity contribution in [2.24, 2.45) is 0 Å². The van der Waals surface area contributed by atoms with Gasteiger partial charge in [-0.25, -0.2) is 0 Å². The highest BCUT2D eigenvalue weighted by atomic mass is 16.5. The van der Waals surface area contributed by atoms with Crippen LogP contribution in [0.3, 0.4) is 0 Å². The van der Waals surface area contributed by atoms with Crippen LogP contribution in [-0.2, 0) is 11.3 Å². The Hall–Kier alpha value is -0.890. The van der Waals surface area contributed by atoms with Gasteiger partial charge in [-0.3, -0.25) is 4.98 Å². The average Bonchev–Trinajstić information content (AvgIpc) is 2.05. The molecule has 0 amide bonds. The molecule has 0 aliphatic carbocycles. The predicted octanol–water partition coefficient (Wildman–Crippen LogP) is 2.32. The predicted molar refractivity (Wildman–Crippen MR) is 48.9 cm³/mol. The molecule has 0 fully saturated rings. The largest absolute Gasteiger partial charge is 0.375 e. The van der Waals surface area contributed by atoms with E-state index in [2.05, 4.69) is 11.9 Å². The summed E-state index contributed by atoms with van der Waals surface area (Å²) in [5.74, 6) is 0. The lowest BCUT2D eigenvalue weighted by Gasteiger charge is -2.01. The normalized spacial score (nSPS) is 10.2. The van der Waals surface area contributed by atoms with Gasteiger partial charge in [-0.05, 0) is 25.5 Å². The Kier molecular flexibility index (Phi) is 3.74. The molecular weight excluding hydrogens is 150 g/mol. The number of aromatic nitrogens is 1. The van der Waals surface area contributed by atoms with E-state index in [1.165, 1.54) is 0 Å². The molecule has 0 atom stereocenters. The van der Waals surface area contributed by atoms with E-state index in [9.17, 15) is 0 Å². The number of aryl methyl sites for hydroxylation is 1. The first kappa shape index (κ1) is 9.20. The Morgan fingerprint density at radius 1 is 1.42 bits per heavy atom. The molecule has 0 bridgehead atoms. The molecular formula is C10H15NO. The molecule has 0 N–H and O–H groups in total. The summed E-state index contributed by atoms with van der Waals surface area (Å²) in [6.07, 6.45) is 1.06. The van der Waals surface area contributed by atoms with Crippen LogP contribution in [0.4, 0.5) is 0 Å². The Morgan fingerprint density at radius 3 is 2.92 bits per heavy atom. The molecule has 1 aromatic heterocycles. The van der Waals surface area contributed by atoms with E-state index in [0.717, 1.165) is 24.4 Å². The van der Waals surface area contributed by atoms with Crippen LogP contribution in [0.15, 0.2) is 18.2 Å². The maximum absolute atomic E-state index is 5.36. The lowest BCUT2D eigenvalue weighted by Crippen LogP contribution is -1.97. The van der Waals surface area contributed by atoms with Gasteiger partial charge < -0.3 is 4.74 Å². The lowest BCUT2D eigenvalue weighted by molar-refractivity contribution is 0.119.